The van der Waals surface area contributed by atoms with Crippen LogP contribution in [0.1, 0.15) is 33.1 Å². The molecule has 1 saturated heterocycles. The molecule has 2 unspecified atom stereocenters. The van der Waals surface area contributed by atoms with Gasteiger partial charge in [0.1, 0.15) is 18.1 Å². The molecule has 0 bridgehead atoms. The predicted molar refractivity (Wildman–Crippen MR) is 93.2 cm³/mol. The molecule has 142 valence electrons. The summed E-state index contributed by atoms with van der Waals surface area (Å²) in [4.78, 5) is 30.0. The van der Waals surface area contributed by atoms with Crippen LogP contribution in [-0.4, -0.2) is 63.7 Å². The van der Waals surface area contributed by atoms with Crippen molar-refractivity contribution in [1.82, 2.24) is 5.32 Å². The number of nitrogens with two attached hydrogens (primary N) is 2. The third-order valence-electron chi connectivity index (χ3n) is 2.91. The second-order valence-electron chi connectivity index (χ2n) is 5.69. The van der Waals surface area contributed by atoms with Crippen LogP contribution in [0.25, 0.3) is 0 Å². The van der Waals surface area contributed by atoms with Gasteiger partial charge in [0, 0.05) is 5.75 Å². The second-order valence-corrected chi connectivity index (χ2v) is 6.05. The molecular weight excluding hydrogens is 338 g/mol. The number of carboxylic acids is 3. The highest BCUT2D eigenvalue weighted by Crippen LogP contribution is 2.03. The topological polar surface area (TPSA) is 176 Å². The van der Waals surface area contributed by atoms with Gasteiger partial charge < -0.3 is 32.1 Å². The molecule has 0 aromatic heterocycles. The van der Waals surface area contributed by atoms with Gasteiger partial charge >= 0.3 is 17.9 Å². The summed E-state index contributed by atoms with van der Waals surface area (Å²) in [5.74, 6) is -2.09. The molecule has 0 saturated carbocycles. The lowest BCUT2D eigenvalue weighted by atomic mass is 10.1. The Kier molecular flexibility index (Phi) is 14.5. The van der Waals surface area contributed by atoms with Crippen LogP contribution in [-0.2, 0) is 14.4 Å². The van der Waals surface area contributed by atoms with Gasteiger partial charge in [0.2, 0.25) is 0 Å². The van der Waals surface area contributed by atoms with Gasteiger partial charge in [-0.3, -0.25) is 14.4 Å². The molecule has 0 spiro atoms. The molecule has 1 heterocycles. The lowest BCUT2D eigenvalue weighted by Gasteiger charge is -2.07. The summed E-state index contributed by atoms with van der Waals surface area (Å²) in [6.45, 7) is 4.75. The summed E-state index contributed by atoms with van der Waals surface area (Å²) in [7, 11) is 0. The summed E-state index contributed by atoms with van der Waals surface area (Å²) >= 11 is 3.65. The average molecular weight is 367 g/mol. The van der Waals surface area contributed by atoms with E-state index in [-0.39, 0.29) is 11.8 Å². The van der Waals surface area contributed by atoms with Crippen molar-refractivity contribution in [3.05, 3.63) is 0 Å². The van der Waals surface area contributed by atoms with Crippen LogP contribution in [0.15, 0.2) is 0 Å². The molecule has 1 aliphatic rings. The Bertz CT molecular complexity index is 389. The van der Waals surface area contributed by atoms with Crippen LogP contribution >= 0.6 is 12.6 Å². The van der Waals surface area contributed by atoms with Crippen LogP contribution in [0.5, 0.6) is 0 Å². The van der Waals surface area contributed by atoms with Crippen molar-refractivity contribution in [1.29, 1.82) is 0 Å². The SMILES string of the molecule is CC(C)CC(N)C(=O)O.NC(CS)C(=O)O.O=C(O)[C@@H]1CCCN1. The van der Waals surface area contributed by atoms with Crippen molar-refractivity contribution in [3.8, 4) is 0 Å². The van der Waals surface area contributed by atoms with Gasteiger partial charge in [-0.15, -0.1) is 0 Å². The molecule has 9 nitrogen and oxygen atoms in total. The highest BCUT2D eigenvalue weighted by Gasteiger charge is 2.20. The fraction of sp³-hybridized carbons (Fsp3) is 0.786. The Balaban J connectivity index is 0. The minimum absolute atomic E-state index is 0.190. The van der Waals surface area contributed by atoms with Crippen LogP contribution in [0.4, 0.5) is 0 Å². The smallest absolute Gasteiger partial charge is 0.321 e. The average Bonchev–Trinajstić information content (AvgIpc) is 3.01. The number of hydrogen-bond donors (Lipinski definition) is 7. The number of rotatable bonds is 6. The number of aliphatic carboxylic acids is 3. The normalized spacial score (nSPS) is 18.5. The maximum atomic E-state index is 10.1. The number of hydrogen-bond acceptors (Lipinski definition) is 7. The van der Waals surface area contributed by atoms with E-state index in [2.05, 4.69) is 17.9 Å². The van der Waals surface area contributed by atoms with Crippen molar-refractivity contribution >= 4 is 30.5 Å². The molecule has 24 heavy (non-hydrogen) atoms. The van der Waals surface area contributed by atoms with E-state index in [4.69, 9.17) is 26.8 Å². The van der Waals surface area contributed by atoms with Crippen molar-refractivity contribution in [2.24, 2.45) is 17.4 Å². The summed E-state index contributed by atoms with van der Waals surface area (Å²) in [5, 5.41) is 27.5. The van der Waals surface area contributed by atoms with Crippen molar-refractivity contribution in [3.63, 3.8) is 0 Å². The molecule has 0 radical (unpaired) electrons. The van der Waals surface area contributed by atoms with Crippen molar-refractivity contribution < 1.29 is 29.7 Å². The van der Waals surface area contributed by atoms with Gasteiger partial charge in [-0.05, 0) is 31.7 Å². The van der Waals surface area contributed by atoms with Crippen LogP contribution in [0, 0.1) is 5.92 Å². The van der Waals surface area contributed by atoms with E-state index in [1.54, 1.807) is 0 Å². The van der Waals surface area contributed by atoms with E-state index in [1.807, 2.05) is 13.8 Å². The van der Waals surface area contributed by atoms with Crippen LogP contribution in [0.2, 0.25) is 0 Å². The molecule has 3 atom stereocenters. The Morgan fingerprint density at radius 3 is 1.75 bits per heavy atom. The monoisotopic (exact) mass is 367 g/mol. The van der Waals surface area contributed by atoms with E-state index in [0.717, 1.165) is 19.4 Å². The summed E-state index contributed by atoms with van der Waals surface area (Å²) in [5.41, 5.74) is 10.2. The number of carboxylic acid groups (broad SMARTS) is 3. The first-order chi connectivity index (χ1) is 11.0. The molecular formula is C14H29N3O6S. The first-order valence-corrected chi connectivity index (χ1v) is 8.19. The Morgan fingerprint density at radius 2 is 1.62 bits per heavy atom. The molecule has 0 aromatic rings. The van der Waals surface area contributed by atoms with E-state index in [1.165, 1.54) is 0 Å². The first-order valence-electron chi connectivity index (χ1n) is 7.56. The van der Waals surface area contributed by atoms with E-state index >= 15 is 0 Å². The predicted octanol–water partition coefficient (Wildman–Crippen LogP) is -0.404. The quantitative estimate of drug-likeness (QED) is 0.308. The summed E-state index contributed by atoms with van der Waals surface area (Å²) < 4.78 is 0. The van der Waals surface area contributed by atoms with Crippen molar-refractivity contribution in [2.75, 3.05) is 12.3 Å². The molecule has 0 amide bonds. The second kappa shape index (κ2) is 14.0. The number of thiol groups is 1. The van der Waals surface area contributed by atoms with Crippen LogP contribution in [0.3, 0.4) is 0 Å². The largest absolute Gasteiger partial charge is 0.480 e. The Hall–Kier alpha value is -1.36. The van der Waals surface area contributed by atoms with Gasteiger partial charge in [-0.1, -0.05) is 13.8 Å². The van der Waals surface area contributed by atoms with Gasteiger partial charge in [-0.25, -0.2) is 0 Å². The molecule has 0 aliphatic carbocycles. The highest BCUT2D eigenvalue weighted by molar-refractivity contribution is 7.80. The standard InChI is InChI=1S/C6H13NO2.C5H9NO2.C3H7NO2S/c1-4(2)3-5(7)6(8)9;7-5(8)4-2-1-3-6-4;4-2(1-7)3(5)6/h4-5H,3,7H2,1-2H3,(H,8,9);4,6H,1-3H2,(H,7,8);2,7H,1,4H2,(H,5,6)/t;4-;/m.0./s1. The lowest BCUT2D eigenvalue weighted by Crippen LogP contribution is -2.31. The number of nitrogens with one attached hydrogen (secondary N) is 1. The zero-order valence-electron chi connectivity index (χ0n) is 14.0. The third-order valence-corrected chi connectivity index (χ3v) is 3.31. The highest BCUT2D eigenvalue weighted by atomic mass is 32.1. The molecule has 1 aliphatic heterocycles. The minimum atomic E-state index is -1.00. The lowest BCUT2D eigenvalue weighted by molar-refractivity contribution is -0.139. The zero-order valence-corrected chi connectivity index (χ0v) is 14.9. The molecule has 1 fully saturated rings. The van der Waals surface area contributed by atoms with Gasteiger partial charge in [0.15, 0.2) is 0 Å². The third kappa shape index (κ3) is 14.2. The number of carbonyl (C=O) groups is 3. The van der Waals surface area contributed by atoms with Gasteiger partial charge in [-0.2, -0.15) is 12.6 Å². The van der Waals surface area contributed by atoms with Crippen molar-refractivity contribution in [2.45, 2.75) is 51.2 Å². The van der Waals surface area contributed by atoms with Gasteiger partial charge in [0.05, 0.1) is 0 Å². The van der Waals surface area contributed by atoms with Crippen LogP contribution < -0.4 is 16.8 Å². The van der Waals surface area contributed by atoms with E-state index in [0.29, 0.717) is 12.3 Å². The fourth-order valence-electron chi connectivity index (χ4n) is 1.58. The maximum absolute atomic E-state index is 10.1. The summed E-state index contributed by atoms with van der Waals surface area (Å²) in [6, 6.07) is -1.77. The Morgan fingerprint density at radius 1 is 1.12 bits per heavy atom. The molecule has 1 rings (SSSR count). The first kappa shape index (κ1) is 24.9. The maximum Gasteiger partial charge on any atom is 0.321 e. The zero-order chi connectivity index (χ0) is 19.3. The molecule has 10 heteroatoms. The Labute approximate surface area is 147 Å². The minimum Gasteiger partial charge on any atom is -0.480 e. The molecule has 8 N–H and O–H groups in total. The molecule has 0 aromatic carbocycles. The fourth-order valence-corrected chi connectivity index (χ4v) is 1.74. The van der Waals surface area contributed by atoms with Gasteiger partial charge in [0.25, 0.3) is 0 Å². The van der Waals surface area contributed by atoms with E-state index < -0.39 is 30.0 Å². The van der Waals surface area contributed by atoms with E-state index in [9.17, 15) is 14.4 Å². The summed E-state index contributed by atoms with van der Waals surface area (Å²) in [6.07, 6.45) is 2.33.